The van der Waals surface area contributed by atoms with Crippen LogP contribution in [0, 0.1) is 23.7 Å². The Bertz CT molecular complexity index is 1600. The summed E-state index contributed by atoms with van der Waals surface area (Å²) in [5.74, 6) is 1.07. The van der Waals surface area contributed by atoms with E-state index in [1.807, 2.05) is 55.5 Å². The summed E-state index contributed by atoms with van der Waals surface area (Å²) in [7, 11) is 1.67. The molecule has 2 aromatic carbocycles. The first-order valence-corrected chi connectivity index (χ1v) is 17.6. The highest BCUT2D eigenvalue weighted by molar-refractivity contribution is 5.94. The fourth-order valence-corrected chi connectivity index (χ4v) is 8.44. The molecule has 5 heterocycles. The van der Waals surface area contributed by atoms with Crippen LogP contribution in [0.15, 0.2) is 54.7 Å². The third-order valence-corrected chi connectivity index (χ3v) is 11.1. The molecule has 1 spiro atoms. The van der Waals surface area contributed by atoms with E-state index < -0.39 is 24.0 Å². The Morgan fingerprint density at radius 1 is 1.08 bits per heavy atom. The van der Waals surface area contributed by atoms with Crippen LogP contribution in [0.3, 0.4) is 0 Å². The van der Waals surface area contributed by atoms with Gasteiger partial charge in [-0.25, -0.2) is 9.78 Å². The van der Waals surface area contributed by atoms with Crippen LogP contribution in [-0.4, -0.2) is 54.6 Å². The van der Waals surface area contributed by atoms with E-state index in [-0.39, 0.29) is 23.8 Å². The number of hydrogen-bond acceptors (Lipinski definition) is 9. The highest BCUT2D eigenvalue weighted by atomic mass is 17.3. The fraction of sp³-hybridized carbons (Fsp3) is 0.579. The van der Waals surface area contributed by atoms with Gasteiger partial charge in [0, 0.05) is 54.1 Å². The third kappa shape index (κ3) is 6.29. The van der Waals surface area contributed by atoms with Crippen LogP contribution in [0.2, 0.25) is 0 Å². The van der Waals surface area contributed by atoms with Gasteiger partial charge in [-0.3, -0.25) is 9.78 Å². The number of methoxy groups -OCH3 is 1. The van der Waals surface area contributed by atoms with Gasteiger partial charge in [0.2, 0.25) is 5.79 Å². The van der Waals surface area contributed by atoms with Gasteiger partial charge in [0.05, 0.1) is 24.9 Å². The number of amides is 1. The highest BCUT2D eigenvalue weighted by Gasteiger charge is 2.69. The lowest BCUT2D eigenvalue weighted by Gasteiger charge is -2.60. The quantitative estimate of drug-likeness (QED) is 0.167. The normalized spacial score (nSPS) is 33.0. The molecule has 0 radical (unpaired) electrons. The molecule has 2 unspecified atom stereocenters. The average Bonchev–Trinajstić information content (AvgIpc) is 3.33. The van der Waals surface area contributed by atoms with Crippen LogP contribution in [0.1, 0.15) is 82.1 Å². The largest absolute Gasteiger partial charge is 0.497 e. The Labute approximate surface area is 283 Å². The van der Waals surface area contributed by atoms with Crippen LogP contribution in [0.25, 0.3) is 10.9 Å². The van der Waals surface area contributed by atoms with Crippen molar-refractivity contribution >= 4 is 22.5 Å². The first-order valence-electron chi connectivity index (χ1n) is 17.6. The topological polar surface area (TPSA) is 109 Å². The van der Waals surface area contributed by atoms with Crippen molar-refractivity contribution in [3.05, 3.63) is 65.9 Å². The zero-order valence-electron chi connectivity index (χ0n) is 28.7. The van der Waals surface area contributed by atoms with E-state index in [4.69, 9.17) is 28.7 Å². The maximum atomic E-state index is 12.9. The molecule has 10 nitrogen and oxygen atoms in total. The van der Waals surface area contributed by atoms with E-state index in [1.165, 1.54) is 0 Å². The van der Waals surface area contributed by atoms with E-state index in [2.05, 4.69) is 36.4 Å². The van der Waals surface area contributed by atoms with Crippen LogP contribution >= 0.6 is 0 Å². The van der Waals surface area contributed by atoms with Gasteiger partial charge in [-0.15, -0.1) is 0 Å². The molecule has 1 amide bonds. The van der Waals surface area contributed by atoms with Crippen molar-refractivity contribution in [2.24, 2.45) is 23.7 Å². The summed E-state index contributed by atoms with van der Waals surface area (Å²) in [6.07, 6.45) is 6.53. The molecule has 8 rings (SSSR count). The molecule has 1 saturated carbocycles. The summed E-state index contributed by atoms with van der Waals surface area (Å²) < 4.78 is 24.9. The maximum Gasteiger partial charge on any atom is 0.251 e. The third-order valence-electron chi connectivity index (χ3n) is 11.1. The zero-order chi connectivity index (χ0) is 33.5. The summed E-state index contributed by atoms with van der Waals surface area (Å²) in [6, 6.07) is 15.7. The molecule has 5 aliphatic rings. The number of nitrogens with one attached hydrogen (secondary N) is 2. The molecule has 4 saturated heterocycles. The minimum Gasteiger partial charge on any atom is -0.497 e. The standard InChI is InChI=1S/C38H49N3O7/c1-23-10-15-31-25(3)35(45-36-38(31)30(23)16-17-37(4,46-36)47-48-38)44-22-26-11-13-27(14-12-26)34(42)40-19-6-8-24(2)41-32-21-29(43-5)20-28-9-7-18-39-33(28)32/h7,9,11-14,18,20-21,23-25,30-31,35-36,41H,6,8,10,15-17,19,22H2,1-5H3,(H,40,42)/t23-,24?,25-,30+,31?,35+,36-,37+,38-/m1/s1. The van der Waals surface area contributed by atoms with Gasteiger partial charge in [-0.2, -0.15) is 0 Å². The van der Waals surface area contributed by atoms with Crippen LogP contribution in [0.5, 0.6) is 5.75 Å². The van der Waals surface area contributed by atoms with Crippen molar-refractivity contribution in [3.63, 3.8) is 0 Å². The minimum atomic E-state index is -0.807. The number of carbonyl (C=O) groups excluding carboxylic acids is 1. The molecule has 10 heteroatoms. The maximum absolute atomic E-state index is 12.9. The van der Waals surface area contributed by atoms with Gasteiger partial charge in [-0.1, -0.05) is 32.0 Å². The second kappa shape index (κ2) is 13.6. The lowest BCUT2D eigenvalue weighted by molar-refractivity contribution is -0.577. The molecule has 48 heavy (non-hydrogen) atoms. The number of anilines is 1. The van der Waals surface area contributed by atoms with Crippen molar-refractivity contribution in [2.75, 3.05) is 19.0 Å². The van der Waals surface area contributed by atoms with E-state index >= 15 is 0 Å². The van der Waals surface area contributed by atoms with Crippen LogP contribution in [-0.2, 0) is 30.6 Å². The monoisotopic (exact) mass is 659 g/mol. The molecule has 9 atom stereocenters. The molecule has 2 N–H and O–H groups in total. The summed E-state index contributed by atoms with van der Waals surface area (Å²) >= 11 is 0. The summed E-state index contributed by atoms with van der Waals surface area (Å²) in [6.45, 7) is 9.54. The average molecular weight is 660 g/mol. The molecule has 4 aliphatic heterocycles. The van der Waals surface area contributed by atoms with E-state index in [0.29, 0.717) is 30.6 Å². The Morgan fingerprint density at radius 2 is 1.92 bits per heavy atom. The number of pyridine rings is 1. The van der Waals surface area contributed by atoms with Crippen LogP contribution in [0.4, 0.5) is 5.69 Å². The lowest BCUT2D eigenvalue weighted by Crippen LogP contribution is -2.70. The predicted octanol–water partition coefficient (Wildman–Crippen LogP) is 6.98. The number of fused-ring (bicyclic) bond motifs is 3. The van der Waals surface area contributed by atoms with Gasteiger partial charge in [0.1, 0.15) is 5.75 Å². The Kier molecular flexibility index (Phi) is 9.38. The molecular weight excluding hydrogens is 610 g/mol. The Morgan fingerprint density at radius 3 is 2.73 bits per heavy atom. The number of carbonyl (C=O) groups is 1. The number of hydrogen-bond donors (Lipinski definition) is 2. The Balaban J connectivity index is 0.889. The number of nitrogens with zero attached hydrogens (tertiary/aromatic N) is 1. The van der Waals surface area contributed by atoms with Gasteiger partial charge in [-0.05, 0) is 87.6 Å². The Hall–Kier alpha value is -3.28. The molecule has 3 aromatic rings. The van der Waals surface area contributed by atoms with Crippen molar-refractivity contribution in [2.45, 2.75) is 103 Å². The molecule has 258 valence electrons. The second-order valence-electron chi connectivity index (χ2n) is 14.5. The van der Waals surface area contributed by atoms with Crippen molar-refractivity contribution < 1.29 is 33.5 Å². The predicted molar refractivity (Wildman–Crippen MR) is 181 cm³/mol. The smallest absolute Gasteiger partial charge is 0.251 e. The van der Waals surface area contributed by atoms with Gasteiger partial charge < -0.3 is 29.6 Å². The number of benzene rings is 2. The molecule has 5 fully saturated rings. The number of ether oxygens (including phenoxy) is 4. The van der Waals surface area contributed by atoms with Gasteiger partial charge in [0.25, 0.3) is 5.91 Å². The SMILES string of the molecule is COc1cc(NC(C)CCCNC(=O)c2ccc(CO[C@H]3O[C@@H]4O[C@]5(C)CC[C@H]6[C@H](C)CCC([C@H]3C)[C@@]46OO5)cc2)c2ncccc2c1. The van der Waals surface area contributed by atoms with E-state index in [0.717, 1.165) is 66.4 Å². The first kappa shape index (κ1) is 33.2. The first-order chi connectivity index (χ1) is 23.2. The number of rotatable bonds is 11. The van der Waals surface area contributed by atoms with Crippen LogP contribution < -0.4 is 15.4 Å². The van der Waals surface area contributed by atoms with E-state index in [1.54, 1.807) is 13.3 Å². The van der Waals surface area contributed by atoms with Gasteiger partial charge >= 0.3 is 0 Å². The zero-order valence-corrected chi connectivity index (χ0v) is 28.7. The molecular formula is C38H49N3O7. The molecule has 2 bridgehead atoms. The second-order valence-corrected chi connectivity index (χ2v) is 14.5. The van der Waals surface area contributed by atoms with Gasteiger partial charge in [0.15, 0.2) is 18.2 Å². The van der Waals surface area contributed by atoms with E-state index in [9.17, 15) is 4.79 Å². The fourth-order valence-electron chi connectivity index (χ4n) is 8.44. The van der Waals surface area contributed by atoms with Crippen molar-refractivity contribution in [3.8, 4) is 5.75 Å². The highest BCUT2D eigenvalue weighted by Crippen LogP contribution is 2.60. The van der Waals surface area contributed by atoms with Crippen molar-refractivity contribution in [1.29, 1.82) is 0 Å². The minimum absolute atomic E-state index is 0.0852. The lowest BCUT2D eigenvalue weighted by atomic mass is 9.58. The summed E-state index contributed by atoms with van der Waals surface area (Å²) in [5.41, 5.74) is 2.86. The van der Waals surface area contributed by atoms with Crippen molar-refractivity contribution in [1.82, 2.24) is 10.3 Å². The summed E-state index contributed by atoms with van der Waals surface area (Å²) in [4.78, 5) is 29.6. The summed E-state index contributed by atoms with van der Waals surface area (Å²) in [5, 5.41) is 7.65. The molecule has 1 aromatic heterocycles. The number of aromatic nitrogens is 1. The molecule has 1 aliphatic carbocycles.